The molecule has 0 N–H and O–H groups in total. The number of rotatable bonds is 3. The Morgan fingerprint density at radius 3 is 3.12 bits per heavy atom. The van der Waals surface area contributed by atoms with Crippen LogP contribution in [-0.4, -0.2) is 5.75 Å². The van der Waals surface area contributed by atoms with E-state index in [0.29, 0.717) is 0 Å². The summed E-state index contributed by atoms with van der Waals surface area (Å²) in [5, 5.41) is 7.85. The smallest absolute Gasteiger partial charge is 0.299 e. The zero-order valence-electron chi connectivity index (χ0n) is 4.63. The Hall–Kier alpha value is -0.620. The fourth-order valence-electron chi connectivity index (χ4n) is 0.196. The molecule has 0 aliphatic heterocycles. The van der Waals surface area contributed by atoms with Crippen molar-refractivity contribution in [3.63, 3.8) is 0 Å². The highest BCUT2D eigenvalue weighted by atomic mass is 32.2. The first-order chi connectivity index (χ1) is 3.91. The summed E-state index contributed by atoms with van der Waals surface area (Å²) in [6.07, 6.45) is 5.38. The monoisotopic (exact) mass is 129 g/mol. The Labute approximate surface area is 53.3 Å². The largest absolute Gasteiger partial charge is 0.352 e. The normalized spacial score (nSPS) is 9.00. The van der Waals surface area contributed by atoms with Crippen molar-refractivity contribution in [3.8, 4) is 6.26 Å². The van der Waals surface area contributed by atoms with Gasteiger partial charge in [-0.2, -0.15) is 0 Å². The number of hydrogen-bond acceptors (Lipinski definition) is 3. The zero-order chi connectivity index (χ0) is 6.24. The van der Waals surface area contributed by atoms with Gasteiger partial charge in [0.1, 0.15) is 0 Å². The van der Waals surface area contributed by atoms with Gasteiger partial charge in [0, 0.05) is 0 Å². The molecule has 0 rings (SSSR count). The second-order valence-corrected chi connectivity index (χ2v) is 1.76. The van der Waals surface area contributed by atoms with Crippen LogP contribution < -0.4 is 0 Å². The van der Waals surface area contributed by atoms with Gasteiger partial charge in [0.2, 0.25) is 0 Å². The van der Waals surface area contributed by atoms with E-state index in [1.54, 1.807) is 6.26 Å². The maximum Gasteiger partial charge on any atom is 0.299 e. The predicted octanol–water partition coefficient (Wildman–Crippen LogP) is 1.71. The summed E-state index contributed by atoms with van der Waals surface area (Å²) in [5.74, 6) is 0.740. The van der Waals surface area contributed by atoms with E-state index in [1.807, 2.05) is 19.1 Å². The molecule has 0 radical (unpaired) electrons. The molecule has 0 aliphatic rings. The summed E-state index contributed by atoms with van der Waals surface area (Å²) in [7, 11) is 0. The van der Waals surface area contributed by atoms with E-state index in [2.05, 4.69) is 4.18 Å². The van der Waals surface area contributed by atoms with Crippen LogP contribution in [0.4, 0.5) is 0 Å². The predicted molar refractivity (Wildman–Crippen MR) is 34.0 cm³/mol. The molecule has 0 spiro atoms. The first-order valence-electron chi connectivity index (χ1n) is 2.20. The minimum Gasteiger partial charge on any atom is -0.352 e. The van der Waals surface area contributed by atoms with Gasteiger partial charge in [-0.3, -0.25) is 0 Å². The summed E-state index contributed by atoms with van der Waals surface area (Å²) in [6.45, 7) is 1.92. The molecule has 0 saturated carbocycles. The topological polar surface area (TPSA) is 33.0 Å². The van der Waals surface area contributed by atoms with Crippen LogP contribution in [0.3, 0.4) is 0 Å². The first kappa shape index (κ1) is 7.38. The van der Waals surface area contributed by atoms with E-state index < -0.39 is 0 Å². The summed E-state index contributed by atoms with van der Waals surface area (Å²) < 4.78 is 4.31. The van der Waals surface area contributed by atoms with E-state index in [-0.39, 0.29) is 0 Å². The van der Waals surface area contributed by atoms with Crippen LogP contribution in [0.15, 0.2) is 12.2 Å². The zero-order valence-corrected chi connectivity index (χ0v) is 5.44. The Morgan fingerprint density at radius 1 is 1.88 bits per heavy atom. The average molecular weight is 129 g/mol. The van der Waals surface area contributed by atoms with Crippen LogP contribution in [0.1, 0.15) is 6.92 Å². The van der Waals surface area contributed by atoms with E-state index in [1.165, 1.54) is 0 Å². The quantitative estimate of drug-likeness (QED) is 0.252. The summed E-state index contributed by atoms with van der Waals surface area (Å²) in [4.78, 5) is 0. The second kappa shape index (κ2) is 6.38. The van der Waals surface area contributed by atoms with Crippen LogP contribution in [0.25, 0.3) is 0 Å². The molecule has 0 aliphatic carbocycles. The van der Waals surface area contributed by atoms with Gasteiger partial charge in [-0.05, 0) is 6.92 Å². The Balaban J connectivity index is 2.85. The first-order valence-corrected chi connectivity index (χ1v) is 3.11. The van der Waals surface area contributed by atoms with Gasteiger partial charge >= 0.3 is 0 Å². The van der Waals surface area contributed by atoms with Crippen LogP contribution in [0.5, 0.6) is 0 Å². The number of nitriles is 1. The van der Waals surface area contributed by atoms with E-state index >= 15 is 0 Å². The number of nitrogens with zero attached hydrogens (tertiary/aromatic N) is 1. The van der Waals surface area contributed by atoms with Crippen molar-refractivity contribution in [1.82, 2.24) is 0 Å². The molecule has 0 fully saturated rings. The summed E-state index contributed by atoms with van der Waals surface area (Å²) >= 11 is 1.13. The van der Waals surface area contributed by atoms with Crippen LogP contribution in [0, 0.1) is 11.5 Å². The molecule has 0 amide bonds. The summed E-state index contributed by atoms with van der Waals surface area (Å²) in [5.41, 5.74) is 0. The minimum absolute atomic E-state index is 0.740. The van der Waals surface area contributed by atoms with Crippen molar-refractivity contribution in [2.24, 2.45) is 0 Å². The van der Waals surface area contributed by atoms with Gasteiger partial charge in [-0.1, -0.05) is 12.2 Å². The highest BCUT2D eigenvalue weighted by Crippen LogP contribution is 1.99. The SMILES string of the molecule is C/C=C/CSOC#N. The second-order valence-electron chi connectivity index (χ2n) is 1.03. The molecule has 2 nitrogen and oxygen atoms in total. The van der Waals surface area contributed by atoms with Gasteiger partial charge in [0.05, 0.1) is 17.8 Å². The van der Waals surface area contributed by atoms with Crippen molar-refractivity contribution in [2.75, 3.05) is 5.75 Å². The fraction of sp³-hybridized carbons (Fsp3) is 0.400. The molecule has 0 unspecified atom stereocenters. The lowest BCUT2D eigenvalue weighted by molar-refractivity contribution is 0.596. The molecule has 0 atom stereocenters. The minimum atomic E-state index is 0.740. The van der Waals surface area contributed by atoms with Crippen molar-refractivity contribution in [2.45, 2.75) is 6.92 Å². The highest BCUT2D eigenvalue weighted by molar-refractivity contribution is 7.94. The molecule has 0 aromatic carbocycles. The lowest BCUT2D eigenvalue weighted by atomic mass is 10.6. The van der Waals surface area contributed by atoms with Gasteiger partial charge in [-0.15, -0.1) is 5.26 Å². The van der Waals surface area contributed by atoms with Gasteiger partial charge in [0.25, 0.3) is 6.26 Å². The molecule has 0 aromatic heterocycles. The Bertz CT molecular complexity index is 105. The lowest BCUT2D eigenvalue weighted by Gasteiger charge is -1.83. The van der Waals surface area contributed by atoms with Crippen LogP contribution in [-0.2, 0) is 4.18 Å². The van der Waals surface area contributed by atoms with Gasteiger partial charge in [-0.25, -0.2) is 0 Å². The molecular weight excluding hydrogens is 122 g/mol. The van der Waals surface area contributed by atoms with E-state index in [9.17, 15) is 0 Å². The molecule has 44 valence electrons. The number of allylic oxidation sites excluding steroid dienone is 1. The molecule has 0 heterocycles. The molecule has 0 aromatic rings. The molecule has 3 heteroatoms. The van der Waals surface area contributed by atoms with Crippen molar-refractivity contribution in [1.29, 1.82) is 5.26 Å². The highest BCUT2D eigenvalue weighted by Gasteiger charge is 1.78. The lowest BCUT2D eigenvalue weighted by Crippen LogP contribution is -1.68. The molecule has 8 heavy (non-hydrogen) atoms. The average Bonchev–Trinajstić information content (AvgIpc) is 1.81. The number of hydrogen-bond donors (Lipinski definition) is 0. The maximum atomic E-state index is 7.85. The van der Waals surface area contributed by atoms with Crippen LogP contribution in [0.2, 0.25) is 0 Å². The third kappa shape index (κ3) is 5.38. The Morgan fingerprint density at radius 2 is 2.62 bits per heavy atom. The van der Waals surface area contributed by atoms with Crippen molar-refractivity contribution in [3.05, 3.63) is 12.2 Å². The molecule has 0 saturated heterocycles. The molecular formula is C5H7NOS. The van der Waals surface area contributed by atoms with E-state index in [0.717, 1.165) is 17.8 Å². The van der Waals surface area contributed by atoms with E-state index in [4.69, 9.17) is 5.26 Å². The molecule has 0 bridgehead atoms. The third-order valence-electron chi connectivity index (χ3n) is 0.496. The van der Waals surface area contributed by atoms with Gasteiger partial charge < -0.3 is 4.18 Å². The third-order valence-corrected chi connectivity index (χ3v) is 1.02. The van der Waals surface area contributed by atoms with Crippen molar-refractivity contribution >= 4 is 12.0 Å². The van der Waals surface area contributed by atoms with Crippen LogP contribution >= 0.6 is 12.0 Å². The summed E-state index contributed by atoms with van der Waals surface area (Å²) in [6, 6.07) is 0. The standard InChI is InChI=1S/C5H7NOS/c1-2-3-4-8-7-5-6/h2-3H,4H2,1H3/b3-2+. The fourth-order valence-corrected chi connectivity index (χ4v) is 0.588. The van der Waals surface area contributed by atoms with Gasteiger partial charge in [0.15, 0.2) is 0 Å². The maximum absolute atomic E-state index is 7.85. The Kier molecular flexibility index (Phi) is 5.89. The van der Waals surface area contributed by atoms with Crippen molar-refractivity contribution < 1.29 is 4.18 Å².